The van der Waals surface area contributed by atoms with Crippen molar-refractivity contribution in [1.82, 2.24) is 4.90 Å². The van der Waals surface area contributed by atoms with Crippen molar-refractivity contribution in [3.8, 4) is 0 Å². The van der Waals surface area contributed by atoms with Crippen LogP contribution in [0.1, 0.15) is 48.4 Å². The first-order valence-corrected chi connectivity index (χ1v) is 7.18. The zero-order valence-electron chi connectivity index (χ0n) is 12.0. The molecule has 1 saturated heterocycles. The number of nitrogens with zero attached hydrogens (tertiary/aromatic N) is 1. The van der Waals surface area contributed by atoms with Crippen molar-refractivity contribution >= 4 is 5.91 Å². The molecule has 1 aliphatic heterocycles. The molecule has 0 spiro atoms. The third-order valence-electron chi connectivity index (χ3n) is 3.92. The second-order valence-corrected chi connectivity index (χ2v) is 5.62. The summed E-state index contributed by atoms with van der Waals surface area (Å²) in [6, 6.07) is 6.27. The van der Waals surface area contributed by atoms with Crippen LogP contribution in [0.25, 0.3) is 0 Å². The van der Waals surface area contributed by atoms with E-state index in [-0.39, 0.29) is 11.9 Å². The molecule has 1 heterocycles. The van der Waals surface area contributed by atoms with Crippen LogP contribution >= 0.6 is 0 Å². The van der Waals surface area contributed by atoms with E-state index in [4.69, 9.17) is 5.73 Å². The van der Waals surface area contributed by atoms with Gasteiger partial charge in [-0.25, -0.2) is 0 Å². The Balaban J connectivity index is 2.09. The van der Waals surface area contributed by atoms with Gasteiger partial charge in [-0.1, -0.05) is 30.2 Å². The Hall–Kier alpha value is -1.35. The SMILES string of the molecule is Cc1ccc(C)c(C(N)CN2CCCCCC2=O)c1. The maximum Gasteiger partial charge on any atom is 0.222 e. The topological polar surface area (TPSA) is 46.3 Å². The van der Waals surface area contributed by atoms with Crippen LogP contribution in [0.3, 0.4) is 0 Å². The number of hydrogen-bond donors (Lipinski definition) is 1. The zero-order chi connectivity index (χ0) is 13.8. The van der Waals surface area contributed by atoms with E-state index >= 15 is 0 Å². The number of benzene rings is 1. The summed E-state index contributed by atoms with van der Waals surface area (Å²) in [5, 5.41) is 0. The third kappa shape index (κ3) is 3.57. The van der Waals surface area contributed by atoms with Crippen LogP contribution < -0.4 is 5.73 Å². The smallest absolute Gasteiger partial charge is 0.222 e. The highest BCUT2D eigenvalue weighted by atomic mass is 16.2. The lowest BCUT2D eigenvalue weighted by Crippen LogP contribution is -2.37. The standard InChI is InChI=1S/C16H24N2O/c1-12-7-8-13(2)14(10-12)15(17)11-18-9-5-3-4-6-16(18)19/h7-8,10,15H,3-6,9,11,17H2,1-2H3. The number of rotatable bonds is 3. The molecule has 2 rings (SSSR count). The normalized spacial score (nSPS) is 18.3. The van der Waals surface area contributed by atoms with Gasteiger partial charge in [0.1, 0.15) is 0 Å². The molecule has 0 bridgehead atoms. The molecule has 0 aromatic heterocycles. The number of carbonyl (C=O) groups excluding carboxylic acids is 1. The van der Waals surface area contributed by atoms with Gasteiger partial charge in [0, 0.05) is 25.6 Å². The van der Waals surface area contributed by atoms with Crippen molar-refractivity contribution in [1.29, 1.82) is 0 Å². The van der Waals surface area contributed by atoms with Gasteiger partial charge in [0.25, 0.3) is 0 Å². The van der Waals surface area contributed by atoms with Gasteiger partial charge in [0.05, 0.1) is 0 Å². The van der Waals surface area contributed by atoms with Crippen LogP contribution in [-0.2, 0) is 4.79 Å². The summed E-state index contributed by atoms with van der Waals surface area (Å²) >= 11 is 0. The minimum atomic E-state index is -0.0815. The predicted molar refractivity (Wildman–Crippen MR) is 77.9 cm³/mol. The predicted octanol–water partition coefficient (Wildman–Crippen LogP) is 2.71. The van der Waals surface area contributed by atoms with Crippen molar-refractivity contribution in [2.24, 2.45) is 5.73 Å². The third-order valence-corrected chi connectivity index (χ3v) is 3.92. The molecule has 1 atom stereocenters. The van der Waals surface area contributed by atoms with E-state index in [0.29, 0.717) is 13.0 Å². The Morgan fingerprint density at radius 1 is 1.26 bits per heavy atom. The molecule has 19 heavy (non-hydrogen) atoms. The van der Waals surface area contributed by atoms with Crippen molar-refractivity contribution < 1.29 is 4.79 Å². The molecule has 1 fully saturated rings. The van der Waals surface area contributed by atoms with E-state index in [1.165, 1.54) is 11.1 Å². The summed E-state index contributed by atoms with van der Waals surface area (Å²) in [4.78, 5) is 13.9. The summed E-state index contributed by atoms with van der Waals surface area (Å²) in [6.45, 7) is 5.66. The first kappa shape index (κ1) is 14.1. The van der Waals surface area contributed by atoms with Gasteiger partial charge in [-0.2, -0.15) is 0 Å². The van der Waals surface area contributed by atoms with Gasteiger partial charge < -0.3 is 10.6 Å². The minimum absolute atomic E-state index is 0.0815. The quantitative estimate of drug-likeness (QED) is 0.908. The molecule has 2 N–H and O–H groups in total. The molecule has 0 saturated carbocycles. The molecule has 0 radical (unpaired) electrons. The lowest BCUT2D eigenvalue weighted by atomic mass is 9.99. The molecular formula is C16H24N2O. The lowest BCUT2D eigenvalue weighted by Gasteiger charge is -2.25. The molecule has 1 aliphatic rings. The Morgan fingerprint density at radius 3 is 2.84 bits per heavy atom. The zero-order valence-corrected chi connectivity index (χ0v) is 12.0. The fourth-order valence-corrected chi connectivity index (χ4v) is 2.73. The molecule has 104 valence electrons. The molecule has 1 amide bonds. The van der Waals surface area contributed by atoms with Crippen LogP contribution in [0, 0.1) is 13.8 Å². The minimum Gasteiger partial charge on any atom is -0.341 e. The number of likely N-dealkylation sites (tertiary alicyclic amines) is 1. The highest BCUT2D eigenvalue weighted by molar-refractivity contribution is 5.76. The number of nitrogens with two attached hydrogens (primary N) is 1. The first-order valence-electron chi connectivity index (χ1n) is 7.18. The van der Waals surface area contributed by atoms with Crippen LogP contribution in [0.15, 0.2) is 18.2 Å². The van der Waals surface area contributed by atoms with Crippen LogP contribution in [0.4, 0.5) is 0 Å². The first-order chi connectivity index (χ1) is 9.08. The molecule has 3 nitrogen and oxygen atoms in total. The van der Waals surface area contributed by atoms with Gasteiger partial charge in [0.2, 0.25) is 5.91 Å². The summed E-state index contributed by atoms with van der Waals surface area (Å²) in [5.41, 5.74) is 9.91. The van der Waals surface area contributed by atoms with Gasteiger partial charge in [-0.3, -0.25) is 4.79 Å². The lowest BCUT2D eigenvalue weighted by molar-refractivity contribution is -0.130. The molecular weight excluding hydrogens is 236 g/mol. The molecule has 1 aromatic carbocycles. The van der Waals surface area contributed by atoms with Gasteiger partial charge in [0.15, 0.2) is 0 Å². The summed E-state index contributed by atoms with van der Waals surface area (Å²) in [7, 11) is 0. The maximum atomic E-state index is 12.0. The average molecular weight is 260 g/mol. The fraction of sp³-hybridized carbons (Fsp3) is 0.562. The monoisotopic (exact) mass is 260 g/mol. The second-order valence-electron chi connectivity index (χ2n) is 5.62. The Kier molecular flexibility index (Phi) is 4.59. The maximum absolute atomic E-state index is 12.0. The number of hydrogen-bond acceptors (Lipinski definition) is 2. The summed E-state index contributed by atoms with van der Waals surface area (Å²) < 4.78 is 0. The van der Waals surface area contributed by atoms with Crippen molar-refractivity contribution in [3.63, 3.8) is 0 Å². The van der Waals surface area contributed by atoms with Crippen molar-refractivity contribution in [2.45, 2.75) is 45.6 Å². The van der Waals surface area contributed by atoms with E-state index in [1.807, 2.05) is 4.90 Å². The van der Waals surface area contributed by atoms with Crippen LogP contribution in [0.5, 0.6) is 0 Å². The highest BCUT2D eigenvalue weighted by Gasteiger charge is 2.20. The van der Waals surface area contributed by atoms with Gasteiger partial charge in [-0.15, -0.1) is 0 Å². The van der Waals surface area contributed by atoms with Crippen LogP contribution in [-0.4, -0.2) is 23.9 Å². The molecule has 3 heteroatoms. The summed E-state index contributed by atoms with van der Waals surface area (Å²) in [5.74, 6) is 0.262. The van der Waals surface area contributed by atoms with Crippen molar-refractivity contribution in [2.75, 3.05) is 13.1 Å². The Morgan fingerprint density at radius 2 is 2.05 bits per heavy atom. The number of aryl methyl sites for hydroxylation is 2. The van der Waals surface area contributed by atoms with Crippen molar-refractivity contribution in [3.05, 3.63) is 34.9 Å². The van der Waals surface area contributed by atoms with E-state index in [2.05, 4.69) is 32.0 Å². The molecule has 1 aromatic rings. The van der Waals surface area contributed by atoms with E-state index in [1.54, 1.807) is 0 Å². The number of amides is 1. The molecule has 0 aliphatic carbocycles. The van der Waals surface area contributed by atoms with Gasteiger partial charge in [-0.05, 0) is 37.8 Å². The average Bonchev–Trinajstić information content (AvgIpc) is 2.58. The Labute approximate surface area is 115 Å². The Bertz CT molecular complexity index is 456. The number of carbonyl (C=O) groups is 1. The van der Waals surface area contributed by atoms with E-state index in [9.17, 15) is 4.79 Å². The van der Waals surface area contributed by atoms with E-state index in [0.717, 1.165) is 31.4 Å². The van der Waals surface area contributed by atoms with E-state index < -0.39 is 0 Å². The molecule has 1 unspecified atom stereocenters. The largest absolute Gasteiger partial charge is 0.341 e. The summed E-state index contributed by atoms with van der Waals surface area (Å²) in [6.07, 6.45) is 3.96. The second kappa shape index (κ2) is 6.20. The van der Waals surface area contributed by atoms with Crippen LogP contribution in [0.2, 0.25) is 0 Å². The van der Waals surface area contributed by atoms with Gasteiger partial charge >= 0.3 is 0 Å². The highest BCUT2D eigenvalue weighted by Crippen LogP contribution is 2.20. The fourth-order valence-electron chi connectivity index (χ4n) is 2.73.